The van der Waals surface area contributed by atoms with Crippen LogP contribution in [0.5, 0.6) is 0 Å². The number of Topliss-reactive ketones (excluding diaryl/α,β-unsaturated/α-hetero) is 1. The minimum atomic E-state index is -0.381. The van der Waals surface area contributed by atoms with Gasteiger partial charge in [0, 0.05) is 41.1 Å². The lowest BCUT2D eigenvalue weighted by molar-refractivity contribution is -0.138. The Kier molecular flexibility index (Phi) is 6.05. The van der Waals surface area contributed by atoms with Crippen molar-refractivity contribution in [2.75, 3.05) is 6.61 Å². The molecule has 10 heteroatoms. The van der Waals surface area contributed by atoms with E-state index in [9.17, 15) is 9.59 Å². The van der Waals surface area contributed by atoms with Crippen molar-refractivity contribution in [3.63, 3.8) is 0 Å². The van der Waals surface area contributed by atoms with Gasteiger partial charge >= 0.3 is 5.97 Å². The molecule has 0 bridgehead atoms. The standard InChI is InChI=1S/C20H23N5O3S2/c1-4-28-19(27)16-11(2)21-13-6-5-7-14(26)17(13)18(16)15-8-12(9-29-15)10-30-20-22-23-24-25(20)3/h8-9,18,21H,4-7,10H2,1-3H3/t18-/m1/s1. The number of allylic oxidation sites excluding steroid dienone is 3. The molecule has 0 saturated carbocycles. The lowest BCUT2D eigenvalue weighted by Crippen LogP contribution is -2.34. The minimum absolute atomic E-state index is 0.109. The van der Waals surface area contributed by atoms with Gasteiger partial charge in [0.05, 0.1) is 18.1 Å². The van der Waals surface area contributed by atoms with Crippen molar-refractivity contribution in [3.8, 4) is 0 Å². The van der Waals surface area contributed by atoms with Crippen molar-refractivity contribution in [1.29, 1.82) is 0 Å². The second kappa shape index (κ2) is 8.73. The Bertz CT molecular complexity index is 1050. The number of nitrogens with zero attached hydrogens (tertiary/aromatic N) is 4. The van der Waals surface area contributed by atoms with Crippen molar-refractivity contribution in [2.24, 2.45) is 7.05 Å². The van der Waals surface area contributed by atoms with E-state index in [1.165, 1.54) is 0 Å². The molecule has 30 heavy (non-hydrogen) atoms. The summed E-state index contributed by atoms with van der Waals surface area (Å²) >= 11 is 3.11. The summed E-state index contributed by atoms with van der Waals surface area (Å²) in [7, 11) is 1.80. The molecule has 0 aromatic carbocycles. The van der Waals surface area contributed by atoms with Crippen molar-refractivity contribution >= 4 is 34.9 Å². The second-order valence-corrected chi connectivity index (χ2v) is 9.10. The van der Waals surface area contributed by atoms with Crippen LogP contribution in [-0.4, -0.2) is 38.6 Å². The first-order chi connectivity index (χ1) is 14.5. The largest absolute Gasteiger partial charge is 0.463 e. The Morgan fingerprint density at radius 1 is 1.43 bits per heavy atom. The number of carbonyl (C=O) groups is 2. The Hall–Kier alpha value is -2.46. The van der Waals surface area contributed by atoms with Crippen molar-refractivity contribution < 1.29 is 14.3 Å². The molecule has 2 aromatic heterocycles. The molecule has 3 heterocycles. The molecule has 0 saturated heterocycles. The number of nitrogens with one attached hydrogen (secondary N) is 1. The van der Waals surface area contributed by atoms with E-state index in [-0.39, 0.29) is 17.7 Å². The number of aromatic nitrogens is 4. The zero-order valence-electron chi connectivity index (χ0n) is 17.1. The number of tetrazole rings is 1. The molecule has 4 rings (SSSR count). The summed E-state index contributed by atoms with van der Waals surface area (Å²) in [6.07, 6.45) is 2.16. The number of thiophene rings is 1. The molecule has 0 spiro atoms. The zero-order chi connectivity index (χ0) is 21.3. The molecule has 1 aliphatic carbocycles. The monoisotopic (exact) mass is 445 g/mol. The molecular formula is C20H23N5O3S2. The molecule has 8 nitrogen and oxygen atoms in total. The van der Waals surface area contributed by atoms with E-state index in [4.69, 9.17) is 4.74 Å². The molecule has 1 atom stereocenters. The van der Waals surface area contributed by atoms with E-state index in [0.29, 0.717) is 29.9 Å². The highest BCUT2D eigenvalue weighted by Crippen LogP contribution is 2.44. The third kappa shape index (κ3) is 3.93. The normalized spacial score (nSPS) is 19.0. The molecular weight excluding hydrogens is 422 g/mol. The maximum absolute atomic E-state index is 12.9. The molecule has 0 unspecified atom stereocenters. The van der Waals surface area contributed by atoms with Gasteiger partial charge in [0.15, 0.2) is 5.78 Å². The van der Waals surface area contributed by atoms with Gasteiger partial charge in [-0.25, -0.2) is 9.48 Å². The van der Waals surface area contributed by atoms with Gasteiger partial charge in [0.2, 0.25) is 5.16 Å². The SMILES string of the molecule is CCOC(=O)C1=C(C)NC2=C(C(=O)CCC2)[C@@H]1c1cc(CSc2nnnn2C)cs1. The quantitative estimate of drug-likeness (QED) is 0.535. The Balaban J connectivity index is 1.67. The van der Waals surface area contributed by atoms with Crippen LogP contribution < -0.4 is 5.32 Å². The summed E-state index contributed by atoms with van der Waals surface area (Å²) in [6.45, 7) is 3.96. The molecule has 2 aliphatic rings. The van der Waals surface area contributed by atoms with E-state index < -0.39 is 0 Å². The first-order valence-electron chi connectivity index (χ1n) is 9.83. The van der Waals surface area contributed by atoms with E-state index in [1.54, 1.807) is 41.8 Å². The van der Waals surface area contributed by atoms with Gasteiger partial charge in [0.25, 0.3) is 0 Å². The van der Waals surface area contributed by atoms with Gasteiger partial charge in [-0.3, -0.25) is 4.79 Å². The minimum Gasteiger partial charge on any atom is -0.463 e. The lowest BCUT2D eigenvalue weighted by Gasteiger charge is -2.33. The van der Waals surface area contributed by atoms with Gasteiger partial charge < -0.3 is 10.1 Å². The maximum Gasteiger partial charge on any atom is 0.336 e. The predicted octanol–water partition coefficient (Wildman–Crippen LogP) is 3.09. The number of esters is 1. The van der Waals surface area contributed by atoms with Gasteiger partial charge in [-0.15, -0.1) is 16.4 Å². The van der Waals surface area contributed by atoms with Crippen molar-refractivity contribution in [3.05, 3.63) is 44.4 Å². The fraction of sp³-hybridized carbons (Fsp3) is 0.450. The van der Waals surface area contributed by atoms with Crippen LogP contribution in [0.1, 0.15) is 49.5 Å². The topological polar surface area (TPSA) is 99.0 Å². The van der Waals surface area contributed by atoms with E-state index in [0.717, 1.165) is 39.8 Å². The molecule has 1 N–H and O–H groups in total. The van der Waals surface area contributed by atoms with Gasteiger partial charge in [-0.1, -0.05) is 11.8 Å². The number of hydrogen-bond acceptors (Lipinski definition) is 9. The Morgan fingerprint density at radius 2 is 2.27 bits per heavy atom. The zero-order valence-corrected chi connectivity index (χ0v) is 18.7. The van der Waals surface area contributed by atoms with E-state index in [1.807, 2.05) is 6.92 Å². The fourth-order valence-electron chi connectivity index (χ4n) is 3.86. The van der Waals surface area contributed by atoms with Gasteiger partial charge in [-0.2, -0.15) is 0 Å². The highest BCUT2D eigenvalue weighted by atomic mass is 32.2. The number of dihydropyridines is 1. The molecule has 1 aliphatic heterocycles. The molecule has 0 amide bonds. The van der Waals surface area contributed by atoms with Crippen LogP contribution in [0.4, 0.5) is 0 Å². The van der Waals surface area contributed by atoms with Crippen LogP contribution in [0.2, 0.25) is 0 Å². The average molecular weight is 446 g/mol. The average Bonchev–Trinajstić information content (AvgIpc) is 3.34. The van der Waals surface area contributed by atoms with Crippen LogP contribution in [0, 0.1) is 0 Å². The molecule has 0 fully saturated rings. The first-order valence-corrected chi connectivity index (χ1v) is 11.7. The first kappa shape index (κ1) is 20.8. The molecule has 0 radical (unpaired) electrons. The smallest absolute Gasteiger partial charge is 0.336 e. The number of ether oxygens (including phenoxy) is 1. The molecule has 2 aromatic rings. The van der Waals surface area contributed by atoms with Crippen LogP contribution in [-0.2, 0) is 27.1 Å². The highest BCUT2D eigenvalue weighted by Gasteiger charge is 2.39. The lowest BCUT2D eigenvalue weighted by atomic mass is 9.78. The second-order valence-electron chi connectivity index (χ2n) is 7.22. The summed E-state index contributed by atoms with van der Waals surface area (Å²) < 4.78 is 6.97. The summed E-state index contributed by atoms with van der Waals surface area (Å²) in [5.74, 6) is 0.0604. The van der Waals surface area contributed by atoms with Gasteiger partial charge in [0.1, 0.15) is 0 Å². The number of thioether (sulfide) groups is 1. The number of hydrogen-bond donors (Lipinski definition) is 1. The fourth-order valence-corrected chi connectivity index (χ4v) is 5.78. The number of ketones is 1. The molecule has 158 valence electrons. The summed E-state index contributed by atoms with van der Waals surface area (Å²) in [5.41, 5.74) is 4.06. The number of aryl methyl sites for hydroxylation is 1. The highest BCUT2D eigenvalue weighted by molar-refractivity contribution is 7.98. The Morgan fingerprint density at radius 3 is 3.00 bits per heavy atom. The predicted molar refractivity (Wildman–Crippen MR) is 114 cm³/mol. The maximum atomic E-state index is 12.9. The van der Waals surface area contributed by atoms with Crippen LogP contribution >= 0.6 is 23.1 Å². The van der Waals surface area contributed by atoms with Crippen LogP contribution in [0.25, 0.3) is 0 Å². The van der Waals surface area contributed by atoms with Gasteiger partial charge in [-0.05, 0) is 54.1 Å². The van der Waals surface area contributed by atoms with E-state index >= 15 is 0 Å². The third-order valence-electron chi connectivity index (χ3n) is 5.18. The van der Waals surface area contributed by atoms with Crippen LogP contribution in [0.3, 0.4) is 0 Å². The van der Waals surface area contributed by atoms with E-state index in [2.05, 4.69) is 32.3 Å². The Labute approximate surface area is 182 Å². The number of carbonyl (C=O) groups excluding carboxylic acids is 2. The third-order valence-corrected chi connectivity index (χ3v) is 7.31. The van der Waals surface area contributed by atoms with Crippen molar-refractivity contribution in [1.82, 2.24) is 25.5 Å². The summed E-state index contributed by atoms with van der Waals surface area (Å²) in [6, 6.07) is 2.08. The summed E-state index contributed by atoms with van der Waals surface area (Å²) in [5, 5.41) is 17.6. The van der Waals surface area contributed by atoms with Crippen LogP contribution in [0.15, 0.2) is 39.1 Å². The van der Waals surface area contributed by atoms with Crippen molar-refractivity contribution in [2.45, 2.75) is 49.9 Å². The summed E-state index contributed by atoms with van der Waals surface area (Å²) in [4.78, 5) is 26.7. The number of rotatable bonds is 6.